The number of hydrogen-bond donors (Lipinski definition) is 0. The van der Waals surface area contributed by atoms with Gasteiger partial charge >= 0.3 is 12.1 Å². The predicted molar refractivity (Wildman–Crippen MR) is 288 cm³/mol. The maximum absolute atomic E-state index is 12.3. The number of rotatable bonds is 16. The first-order valence-corrected chi connectivity index (χ1v) is 25.7. The molecule has 374 valence electrons. The summed E-state index contributed by atoms with van der Waals surface area (Å²) in [5.41, 5.74) is 12.1. The molecule has 0 spiro atoms. The topological polar surface area (TPSA) is 84.0 Å². The van der Waals surface area contributed by atoms with Crippen LogP contribution in [0.3, 0.4) is 0 Å². The van der Waals surface area contributed by atoms with Crippen LogP contribution in [0.25, 0.3) is 0 Å². The zero-order chi connectivity index (χ0) is 51.1. The van der Waals surface area contributed by atoms with Crippen LogP contribution in [0.5, 0.6) is 0 Å². The van der Waals surface area contributed by atoms with Crippen LogP contribution in [0.4, 0.5) is 0 Å². The van der Waals surface area contributed by atoms with Crippen molar-refractivity contribution >= 4 is 17.9 Å². The number of methoxy groups -OCH3 is 1. The first kappa shape index (κ1) is 55.7. The lowest BCUT2D eigenvalue weighted by Gasteiger charge is -2.18. The van der Waals surface area contributed by atoms with Crippen molar-refractivity contribution in [1.82, 2.24) is 9.80 Å². The van der Waals surface area contributed by atoms with Crippen LogP contribution in [0.15, 0.2) is 164 Å². The lowest BCUT2D eigenvalue weighted by Crippen LogP contribution is -2.24. The number of carbonyl (C=O) groups is 2. The summed E-state index contributed by atoms with van der Waals surface area (Å²) in [5.74, 6) is 3.41. The second-order valence-electron chi connectivity index (χ2n) is 20.3. The number of nitrogens with zero attached hydrogens (tertiary/aromatic N) is 2. The molecule has 0 amide bonds. The molecule has 0 radical (unpaired) electrons. The van der Waals surface area contributed by atoms with E-state index in [0.717, 1.165) is 44.9 Å². The van der Waals surface area contributed by atoms with Crippen molar-refractivity contribution in [3.63, 3.8) is 0 Å². The quantitative estimate of drug-likeness (QED) is 0.0894. The summed E-state index contributed by atoms with van der Waals surface area (Å²) >= 11 is 0. The molecule has 6 aromatic rings. The van der Waals surface area contributed by atoms with Gasteiger partial charge in [0.1, 0.15) is 5.78 Å². The lowest BCUT2D eigenvalue weighted by molar-refractivity contribution is -0.191. The highest BCUT2D eigenvalue weighted by Crippen LogP contribution is 2.36. The molecule has 4 atom stereocenters. The fourth-order valence-electron chi connectivity index (χ4n) is 9.78. The molecule has 2 heterocycles. The molecule has 0 aromatic heterocycles. The SMILES string of the molecule is CC(C)c1cccc(C2CN(Cc3ccccc3)C[C@@H]2C)c1.CC(C)c1cccc(CCC(=O)CCc2ccccc2)c1.COC(=O)[C@H]1CN(Cc2ccccc2)CC1c1ccc(C(C)C)cc1.O=C=O. The number of ether oxygens (including phenoxy) is 1. The minimum absolute atomic E-state index is 0.0985. The van der Waals surface area contributed by atoms with E-state index in [2.05, 4.69) is 198 Å². The molecular weight excluding hydrogens is 877 g/mol. The second-order valence-corrected chi connectivity index (χ2v) is 20.3. The molecule has 2 fully saturated rings. The van der Waals surface area contributed by atoms with Gasteiger partial charge < -0.3 is 4.74 Å². The van der Waals surface area contributed by atoms with Crippen molar-refractivity contribution in [3.05, 3.63) is 214 Å². The molecule has 8 rings (SSSR count). The smallest absolute Gasteiger partial charge is 0.373 e. The summed E-state index contributed by atoms with van der Waals surface area (Å²) < 4.78 is 5.08. The zero-order valence-electron chi connectivity index (χ0n) is 43.6. The van der Waals surface area contributed by atoms with E-state index in [4.69, 9.17) is 14.3 Å². The van der Waals surface area contributed by atoms with Gasteiger partial charge in [0.2, 0.25) is 0 Å². The number of hydrogen-bond acceptors (Lipinski definition) is 7. The Hall–Kier alpha value is -6.24. The minimum atomic E-state index is -0.103. The van der Waals surface area contributed by atoms with Gasteiger partial charge in [0, 0.05) is 63.9 Å². The monoisotopic (exact) mass is 955 g/mol. The minimum Gasteiger partial charge on any atom is -0.469 e. The molecule has 0 N–H and O–H groups in total. The van der Waals surface area contributed by atoms with Gasteiger partial charge in [-0.15, -0.1) is 0 Å². The van der Waals surface area contributed by atoms with Gasteiger partial charge in [0.25, 0.3) is 0 Å². The third kappa shape index (κ3) is 18.1. The van der Waals surface area contributed by atoms with Crippen molar-refractivity contribution in [2.24, 2.45) is 11.8 Å². The van der Waals surface area contributed by atoms with Gasteiger partial charge in [-0.1, -0.05) is 212 Å². The average molecular weight is 955 g/mol. The maximum atomic E-state index is 12.3. The Morgan fingerprint density at radius 2 is 0.958 bits per heavy atom. The predicted octanol–water partition coefficient (Wildman–Crippen LogP) is 13.6. The zero-order valence-corrected chi connectivity index (χ0v) is 43.6. The highest BCUT2D eigenvalue weighted by molar-refractivity contribution is 5.79. The summed E-state index contributed by atoms with van der Waals surface area (Å²) in [6, 6.07) is 58.1. The fourth-order valence-corrected chi connectivity index (χ4v) is 9.78. The van der Waals surface area contributed by atoms with E-state index in [1.165, 1.54) is 70.3 Å². The molecule has 7 heteroatoms. The molecule has 0 bridgehead atoms. The molecule has 0 saturated carbocycles. The van der Waals surface area contributed by atoms with Crippen LogP contribution >= 0.6 is 0 Å². The van der Waals surface area contributed by atoms with Crippen molar-refractivity contribution in [1.29, 1.82) is 0 Å². The molecule has 71 heavy (non-hydrogen) atoms. The van der Waals surface area contributed by atoms with Crippen molar-refractivity contribution in [3.8, 4) is 0 Å². The number of carbonyl (C=O) groups excluding carboxylic acids is 4. The highest BCUT2D eigenvalue weighted by atomic mass is 16.5. The van der Waals surface area contributed by atoms with Crippen LogP contribution in [0.1, 0.15) is 141 Å². The Bertz CT molecular complexity index is 2520. The van der Waals surface area contributed by atoms with Gasteiger partial charge in [-0.05, 0) is 86.6 Å². The van der Waals surface area contributed by atoms with Crippen LogP contribution in [0, 0.1) is 11.8 Å². The van der Waals surface area contributed by atoms with Crippen molar-refractivity contribution in [2.45, 2.75) is 117 Å². The first-order valence-electron chi connectivity index (χ1n) is 25.7. The average Bonchev–Trinajstić information content (AvgIpc) is 3.99. The lowest BCUT2D eigenvalue weighted by atomic mass is 9.88. The van der Waals surface area contributed by atoms with Gasteiger partial charge in [-0.2, -0.15) is 9.59 Å². The first-order chi connectivity index (χ1) is 34.3. The van der Waals surface area contributed by atoms with E-state index in [1.807, 2.05) is 24.3 Å². The number of aryl methyl sites for hydroxylation is 2. The van der Waals surface area contributed by atoms with E-state index < -0.39 is 0 Å². The van der Waals surface area contributed by atoms with E-state index >= 15 is 0 Å². The largest absolute Gasteiger partial charge is 0.469 e. The molecule has 2 unspecified atom stereocenters. The Kier molecular flexibility index (Phi) is 22.9. The molecule has 0 aliphatic carbocycles. The third-order valence-electron chi connectivity index (χ3n) is 14.0. The molecule has 2 aliphatic rings. The molecular formula is C64H78N2O5. The summed E-state index contributed by atoms with van der Waals surface area (Å²) in [4.78, 5) is 45.5. The van der Waals surface area contributed by atoms with Gasteiger partial charge in [-0.25, -0.2) is 0 Å². The van der Waals surface area contributed by atoms with Gasteiger partial charge in [0.05, 0.1) is 13.0 Å². The Balaban J connectivity index is 0.000000193. The van der Waals surface area contributed by atoms with E-state index in [1.54, 1.807) is 0 Å². The maximum Gasteiger partial charge on any atom is 0.373 e. The van der Waals surface area contributed by atoms with Crippen molar-refractivity contribution < 1.29 is 23.9 Å². The van der Waals surface area contributed by atoms with E-state index in [0.29, 0.717) is 42.3 Å². The summed E-state index contributed by atoms with van der Waals surface area (Å²) in [6.45, 7) is 21.7. The Morgan fingerprint density at radius 1 is 0.507 bits per heavy atom. The van der Waals surface area contributed by atoms with Gasteiger partial charge in [-0.3, -0.25) is 19.4 Å². The number of ketones is 1. The molecule has 6 aromatic carbocycles. The fraction of sp³-hybridized carbons (Fsp3) is 0.391. The summed E-state index contributed by atoms with van der Waals surface area (Å²) in [6.07, 6.45) is 3.25. The van der Waals surface area contributed by atoms with Crippen molar-refractivity contribution in [2.75, 3.05) is 33.3 Å². The Labute approximate surface area is 425 Å². The summed E-state index contributed by atoms with van der Waals surface area (Å²) in [7, 11) is 1.49. The molecule has 2 saturated heterocycles. The van der Waals surface area contributed by atoms with Crippen LogP contribution in [0.2, 0.25) is 0 Å². The number of esters is 1. The highest BCUT2D eigenvalue weighted by Gasteiger charge is 2.39. The number of likely N-dealkylation sites (tertiary alicyclic amines) is 2. The second kappa shape index (κ2) is 29.2. The Morgan fingerprint density at radius 3 is 1.48 bits per heavy atom. The third-order valence-corrected chi connectivity index (χ3v) is 14.0. The molecule has 7 nitrogen and oxygen atoms in total. The summed E-state index contributed by atoms with van der Waals surface area (Å²) in [5, 5.41) is 0. The number of benzene rings is 6. The number of Topliss-reactive ketones (excluding diaryl/α,β-unsaturated/α-hetero) is 1. The van der Waals surface area contributed by atoms with Crippen LogP contribution < -0.4 is 0 Å². The standard InChI is InChI=1S/C22H27NO2.C21H27N.C20H24O.CO2/c1-16(2)18-9-11-19(12-10-18)20-14-23(15-21(20)22(24)25-3)13-17-7-5-4-6-8-17;1-16(2)19-10-7-11-20(12-19)21-15-22(13-17(21)3)14-18-8-5-4-6-9-18;1-16(2)19-10-6-9-18(15-19)12-14-20(21)13-11-17-7-4-3-5-8-17;2-1-3/h4-12,16,20-21H,13-15H2,1-3H3;4-12,16-17,21H,13-15H2,1-3H3;3-10,15-16H,11-14H2,1-2H3;/t20?,21-;17-,21?;;/m00../s1. The molecule has 2 aliphatic heterocycles. The normalized spacial score (nSPS) is 17.6. The van der Waals surface area contributed by atoms with Crippen LogP contribution in [-0.4, -0.2) is 61.0 Å². The van der Waals surface area contributed by atoms with E-state index in [-0.39, 0.29) is 24.0 Å². The van der Waals surface area contributed by atoms with Gasteiger partial charge in [0.15, 0.2) is 0 Å². The van der Waals surface area contributed by atoms with Crippen LogP contribution in [-0.2, 0) is 49.8 Å². The van der Waals surface area contributed by atoms with E-state index in [9.17, 15) is 9.59 Å².